The number of carbonyl (C=O) groups excluding carboxylic acids is 1. The molecule has 0 bridgehead atoms. The first kappa shape index (κ1) is 22.6. The van der Waals surface area contributed by atoms with Crippen molar-refractivity contribution in [1.82, 2.24) is 24.6 Å². The third-order valence-corrected chi connectivity index (χ3v) is 6.02. The van der Waals surface area contributed by atoms with Crippen molar-refractivity contribution in [1.29, 1.82) is 0 Å². The van der Waals surface area contributed by atoms with Crippen molar-refractivity contribution in [3.63, 3.8) is 0 Å². The number of nitrogens with zero attached hydrogens (tertiary/aromatic N) is 5. The molecule has 2 aromatic carbocycles. The lowest BCUT2D eigenvalue weighted by Crippen LogP contribution is -2.37. The minimum absolute atomic E-state index is 0.0679. The highest BCUT2D eigenvalue weighted by molar-refractivity contribution is 5.90. The number of aromatic nitrogens is 4. The van der Waals surface area contributed by atoms with Gasteiger partial charge in [-0.05, 0) is 48.2 Å². The number of carbonyl (C=O) groups is 1. The van der Waals surface area contributed by atoms with Crippen molar-refractivity contribution >= 4 is 40.1 Å². The van der Waals surface area contributed by atoms with E-state index in [4.69, 9.17) is 0 Å². The standard InChI is InChI=1S/C24H22F3N7O/c1-13-5-4-6-14(2)19(13)30-20-18-10-28-23(31-21(18)33(3)32-20)29-17-8-7-15-11-34(12-16(15)9-17)22(35)24(25,26)27/h4-10H,11-12H2,1-3H3,(H,30,32)(H,28,29,31). The molecule has 1 amide bonds. The minimum atomic E-state index is -4.89. The van der Waals surface area contributed by atoms with Crippen molar-refractivity contribution in [2.45, 2.75) is 33.1 Å². The molecule has 2 N–H and O–H groups in total. The number of para-hydroxylation sites is 1. The molecule has 11 heteroatoms. The van der Waals surface area contributed by atoms with Gasteiger partial charge in [-0.15, -0.1) is 0 Å². The van der Waals surface area contributed by atoms with Gasteiger partial charge in [-0.25, -0.2) is 9.67 Å². The minimum Gasteiger partial charge on any atom is -0.338 e. The maximum absolute atomic E-state index is 12.8. The fraction of sp³-hybridized carbons (Fsp3) is 0.250. The molecule has 0 aliphatic carbocycles. The van der Waals surface area contributed by atoms with Gasteiger partial charge >= 0.3 is 12.1 Å². The van der Waals surface area contributed by atoms with Crippen molar-refractivity contribution in [2.24, 2.45) is 7.05 Å². The summed E-state index contributed by atoms with van der Waals surface area (Å²) in [5.74, 6) is -0.878. The van der Waals surface area contributed by atoms with E-state index in [1.165, 1.54) is 0 Å². The molecule has 8 nitrogen and oxygen atoms in total. The Hall–Kier alpha value is -4.15. The Balaban J connectivity index is 1.37. The first-order valence-corrected chi connectivity index (χ1v) is 10.9. The van der Waals surface area contributed by atoms with Gasteiger partial charge in [0.1, 0.15) is 0 Å². The number of nitrogens with one attached hydrogen (secondary N) is 2. The van der Waals surface area contributed by atoms with Crippen molar-refractivity contribution < 1.29 is 18.0 Å². The molecule has 1 aliphatic rings. The summed E-state index contributed by atoms with van der Waals surface area (Å²) in [4.78, 5) is 21.3. The number of amides is 1. The molecule has 1 aliphatic heterocycles. The van der Waals surface area contributed by atoms with Crippen LogP contribution in [-0.2, 0) is 24.9 Å². The first-order valence-electron chi connectivity index (χ1n) is 10.9. The monoisotopic (exact) mass is 481 g/mol. The summed E-state index contributed by atoms with van der Waals surface area (Å²) in [7, 11) is 1.79. The van der Waals surface area contributed by atoms with E-state index in [0.717, 1.165) is 27.1 Å². The molecule has 0 radical (unpaired) electrons. The van der Waals surface area contributed by atoms with Gasteiger partial charge in [-0.1, -0.05) is 24.3 Å². The van der Waals surface area contributed by atoms with Crippen molar-refractivity contribution in [2.75, 3.05) is 10.6 Å². The summed E-state index contributed by atoms with van der Waals surface area (Å²) >= 11 is 0. The molecule has 0 atom stereocenters. The molecule has 35 heavy (non-hydrogen) atoms. The summed E-state index contributed by atoms with van der Waals surface area (Å²) in [6.07, 6.45) is -3.22. The zero-order valence-corrected chi connectivity index (χ0v) is 19.2. The summed E-state index contributed by atoms with van der Waals surface area (Å²) in [6, 6.07) is 11.2. The molecular formula is C24H22F3N7O. The van der Waals surface area contributed by atoms with E-state index in [1.807, 2.05) is 32.0 Å². The molecule has 0 saturated carbocycles. The van der Waals surface area contributed by atoms with E-state index in [-0.39, 0.29) is 13.1 Å². The fourth-order valence-corrected chi connectivity index (χ4v) is 4.24. The number of fused-ring (bicyclic) bond motifs is 2. The van der Waals surface area contributed by atoms with Gasteiger partial charge in [0, 0.05) is 37.7 Å². The van der Waals surface area contributed by atoms with Crippen LogP contribution >= 0.6 is 0 Å². The SMILES string of the molecule is Cc1cccc(C)c1Nc1nn(C)c2nc(Nc3ccc4c(c3)CN(C(=O)C(F)(F)F)C4)ncc12. The molecule has 0 unspecified atom stereocenters. The van der Waals surface area contributed by atoms with Crippen LogP contribution in [0.4, 0.5) is 36.3 Å². The Morgan fingerprint density at radius 2 is 1.74 bits per heavy atom. The maximum atomic E-state index is 12.8. The number of benzene rings is 2. The first-order chi connectivity index (χ1) is 16.6. The van der Waals surface area contributed by atoms with Crippen LogP contribution in [0.15, 0.2) is 42.6 Å². The van der Waals surface area contributed by atoms with Gasteiger partial charge < -0.3 is 15.5 Å². The maximum Gasteiger partial charge on any atom is 0.471 e. The molecule has 0 spiro atoms. The Morgan fingerprint density at radius 3 is 2.46 bits per heavy atom. The normalized spacial score (nSPS) is 13.3. The lowest BCUT2D eigenvalue weighted by atomic mass is 10.1. The third kappa shape index (κ3) is 4.25. The Kier molecular flexibility index (Phi) is 5.34. The average Bonchev–Trinajstić information content (AvgIpc) is 3.35. The van der Waals surface area contributed by atoms with Crippen LogP contribution in [0.2, 0.25) is 0 Å². The van der Waals surface area contributed by atoms with E-state index in [9.17, 15) is 18.0 Å². The van der Waals surface area contributed by atoms with Crippen LogP contribution in [0.1, 0.15) is 22.3 Å². The highest BCUT2D eigenvalue weighted by Gasteiger charge is 2.44. The number of alkyl halides is 3. The van der Waals surface area contributed by atoms with E-state index in [0.29, 0.717) is 34.2 Å². The second kappa shape index (κ2) is 8.26. The summed E-state index contributed by atoms with van der Waals surface area (Å²) in [5.41, 5.74) is 5.71. The zero-order chi connectivity index (χ0) is 24.9. The van der Waals surface area contributed by atoms with Crippen molar-refractivity contribution in [3.8, 4) is 0 Å². The van der Waals surface area contributed by atoms with Crippen LogP contribution in [-0.4, -0.2) is 36.7 Å². The van der Waals surface area contributed by atoms with E-state index >= 15 is 0 Å². The zero-order valence-electron chi connectivity index (χ0n) is 19.2. The smallest absolute Gasteiger partial charge is 0.338 e. The van der Waals surface area contributed by atoms with E-state index in [1.54, 1.807) is 36.1 Å². The van der Waals surface area contributed by atoms with E-state index in [2.05, 4.69) is 25.7 Å². The van der Waals surface area contributed by atoms with Crippen molar-refractivity contribution in [3.05, 3.63) is 64.8 Å². The Labute approximate surface area is 198 Å². The van der Waals surface area contributed by atoms with Gasteiger partial charge in [-0.2, -0.15) is 23.3 Å². The number of hydrogen-bond acceptors (Lipinski definition) is 6. The average molecular weight is 481 g/mol. The van der Waals surface area contributed by atoms with Gasteiger partial charge in [-0.3, -0.25) is 4.79 Å². The fourth-order valence-electron chi connectivity index (χ4n) is 4.24. The predicted molar refractivity (Wildman–Crippen MR) is 126 cm³/mol. The molecule has 0 saturated heterocycles. The van der Waals surface area contributed by atoms with Crippen LogP contribution in [0.3, 0.4) is 0 Å². The predicted octanol–water partition coefficient (Wildman–Crippen LogP) is 4.87. The molecule has 5 rings (SSSR count). The lowest BCUT2D eigenvalue weighted by Gasteiger charge is -2.16. The van der Waals surface area contributed by atoms with Gasteiger partial charge in [0.15, 0.2) is 11.5 Å². The largest absolute Gasteiger partial charge is 0.471 e. The number of aryl methyl sites for hydroxylation is 3. The lowest BCUT2D eigenvalue weighted by molar-refractivity contribution is -0.186. The van der Waals surface area contributed by atoms with Gasteiger partial charge in [0.25, 0.3) is 0 Å². The highest BCUT2D eigenvalue weighted by atomic mass is 19.4. The molecule has 0 fully saturated rings. The summed E-state index contributed by atoms with van der Waals surface area (Å²) in [6.45, 7) is 3.88. The van der Waals surface area contributed by atoms with Gasteiger partial charge in [0.05, 0.1) is 5.39 Å². The summed E-state index contributed by atoms with van der Waals surface area (Å²) < 4.78 is 40.0. The Morgan fingerprint density at radius 1 is 1.03 bits per heavy atom. The number of anilines is 4. The molecular weight excluding hydrogens is 459 g/mol. The topological polar surface area (TPSA) is 88.0 Å². The molecule has 180 valence electrons. The molecule has 2 aromatic heterocycles. The quantitative estimate of drug-likeness (QED) is 0.432. The van der Waals surface area contributed by atoms with Gasteiger partial charge in [0.2, 0.25) is 5.95 Å². The second-order valence-electron chi connectivity index (χ2n) is 8.56. The number of rotatable bonds is 4. The number of hydrogen-bond donors (Lipinski definition) is 2. The highest BCUT2D eigenvalue weighted by Crippen LogP contribution is 2.31. The Bertz CT molecular complexity index is 1440. The van der Waals surface area contributed by atoms with Crippen LogP contribution in [0.5, 0.6) is 0 Å². The number of halogens is 3. The van der Waals surface area contributed by atoms with Crippen LogP contribution in [0, 0.1) is 13.8 Å². The molecule has 3 heterocycles. The molecule has 4 aromatic rings. The van der Waals surface area contributed by atoms with Crippen LogP contribution < -0.4 is 10.6 Å². The van der Waals surface area contributed by atoms with E-state index < -0.39 is 12.1 Å². The van der Waals surface area contributed by atoms with Crippen LogP contribution in [0.25, 0.3) is 11.0 Å². The second-order valence-corrected chi connectivity index (χ2v) is 8.56. The third-order valence-electron chi connectivity index (χ3n) is 6.02. The summed E-state index contributed by atoms with van der Waals surface area (Å²) in [5, 5.41) is 11.8.